The summed E-state index contributed by atoms with van der Waals surface area (Å²) in [5.74, 6) is 0.946. The first-order valence-electron chi connectivity index (χ1n) is 5.90. The second kappa shape index (κ2) is 5.94. The number of pyridine rings is 1. The van der Waals surface area contributed by atoms with Crippen molar-refractivity contribution >= 4 is 11.6 Å². The van der Waals surface area contributed by atoms with Gasteiger partial charge in [-0.25, -0.2) is 0 Å². The first-order valence-corrected chi connectivity index (χ1v) is 5.90. The Labute approximate surface area is 110 Å². The van der Waals surface area contributed by atoms with E-state index in [4.69, 9.17) is 4.52 Å². The molecule has 0 aromatic carbocycles. The summed E-state index contributed by atoms with van der Waals surface area (Å²) in [5, 5.41) is 9.49. The number of anilines is 1. The number of hydrogen-bond acceptors (Lipinski definition) is 6. The maximum atomic E-state index is 12.0. The summed E-state index contributed by atoms with van der Waals surface area (Å²) in [5.41, 5.74) is 1.25. The van der Waals surface area contributed by atoms with Gasteiger partial charge in [0.15, 0.2) is 5.82 Å². The molecule has 2 aromatic heterocycles. The van der Waals surface area contributed by atoms with Crippen LogP contribution in [0.4, 0.5) is 5.69 Å². The lowest BCUT2D eigenvalue weighted by molar-refractivity contribution is 0.0954. The molecule has 0 aliphatic rings. The van der Waals surface area contributed by atoms with Crippen molar-refractivity contribution in [2.45, 2.75) is 13.3 Å². The van der Waals surface area contributed by atoms with Gasteiger partial charge >= 0.3 is 0 Å². The van der Waals surface area contributed by atoms with E-state index in [1.807, 2.05) is 0 Å². The van der Waals surface area contributed by atoms with Gasteiger partial charge in [-0.1, -0.05) is 5.16 Å². The van der Waals surface area contributed by atoms with Gasteiger partial charge in [0.1, 0.15) is 0 Å². The zero-order valence-electron chi connectivity index (χ0n) is 10.8. The number of carbonyl (C=O) groups excluding carboxylic acids is 1. The van der Waals surface area contributed by atoms with Crippen LogP contribution < -0.4 is 10.6 Å². The molecule has 0 saturated carbocycles. The summed E-state index contributed by atoms with van der Waals surface area (Å²) in [6.45, 7) is 2.18. The molecule has 100 valence electrons. The third-order valence-corrected chi connectivity index (χ3v) is 2.54. The smallest absolute Gasteiger partial charge is 0.253 e. The van der Waals surface area contributed by atoms with Crippen LogP contribution in [0.15, 0.2) is 23.0 Å². The molecule has 0 saturated heterocycles. The van der Waals surface area contributed by atoms with Gasteiger partial charge < -0.3 is 15.2 Å². The van der Waals surface area contributed by atoms with Gasteiger partial charge in [0, 0.05) is 33.1 Å². The van der Waals surface area contributed by atoms with Crippen LogP contribution in [-0.2, 0) is 6.42 Å². The molecule has 1 amide bonds. The summed E-state index contributed by atoms with van der Waals surface area (Å²) in [6, 6.07) is 1.67. The number of nitrogens with zero attached hydrogens (tertiary/aromatic N) is 3. The van der Waals surface area contributed by atoms with E-state index in [1.165, 1.54) is 0 Å². The van der Waals surface area contributed by atoms with Crippen LogP contribution in [0.3, 0.4) is 0 Å². The Kier molecular flexibility index (Phi) is 4.07. The fourth-order valence-electron chi connectivity index (χ4n) is 1.62. The Morgan fingerprint density at radius 3 is 3.00 bits per heavy atom. The van der Waals surface area contributed by atoms with Gasteiger partial charge in [-0.15, -0.1) is 0 Å². The molecule has 7 nitrogen and oxygen atoms in total. The van der Waals surface area contributed by atoms with Crippen molar-refractivity contribution in [3.05, 3.63) is 35.7 Å². The minimum atomic E-state index is -0.160. The van der Waals surface area contributed by atoms with Gasteiger partial charge in [-0.3, -0.25) is 9.78 Å². The average Bonchev–Trinajstić information content (AvgIpc) is 2.84. The number of nitrogens with one attached hydrogen (secondary N) is 2. The molecule has 0 aliphatic heterocycles. The van der Waals surface area contributed by atoms with Crippen LogP contribution in [0, 0.1) is 6.92 Å². The normalized spacial score (nSPS) is 10.2. The van der Waals surface area contributed by atoms with E-state index >= 15 is 0 Å². The molecule has 0 unspecified atom stereocenters. The predicted molar refractivity (Wildman–Crippen MR) is 68.9 cm³/mol. The third kappa shape index (κ3) is 3.27. The first-order chi connectivity index (χ1) is 9.20. The largest absolute Gasteiger partial charge is 0.386 e. The summed E-state index contributed by atoms with van der Waals surface area (Å²) >= 11 is 0. The number of aryl methyl sites for hydroxylation is 1. The van der Waals surface area contributed by atoms with Crippen molar-refractivity contribution in [3.8, 4) is 0 Å². The van der Waals surface area contributed by atoms with Crippen LogP contribution in [-0.4, -0.2) is 34.6 Å². The molecule has 0 atom stereocenters. The Morgan fingerprint density at radius 1 is 1.47 bits per heavy atom. The van der Waals surface area contributed by atoms with Gasteiger partial charge in [-0.2, -0.15) is 4.98 Å². The summed E-state index contributed by atoms with van der Waals surface area (Å²) in [6.07, 6.45) is 3.72. The molecule has 2 aromatic rings. The maximum Gasteiger partial charge on any atom is 0.253 e. The molecular weight excluding hydrogens is 246 g/mol. The van der Waals surface area contributed by atoms with Crippen LogP contribution in [0.1, 0.15) is 22.1 Å². The Hall–Kier alpha value is -2.44. The highest BCUT2D eigenvalue weighted by molar-refractivity contribution is 5.99. The van der Waals surface area contributed by atoms with Crippen molar-refractivity contribution in [3.63, 3.8) is 0 Å². The molecule has 2 rings (SSSR count). The van der Waals surface area contributed by atoms with E-state index in [0.717, 1.165) is 0 Å². The van der Waals surface area contributed by atoms with Gasteiger partial charge in [-0.05, 0) is 6.07 Å². The Bertz CT molecular complexity index is 567. The maximum absolute atomic E-state index is 12.0. The predicted octanol–water partition coefficient (Wildman–Crippen LogP) is 0.787. The number of rotatable bonds is 5. The van der Waals surface area contributed by atoms with Crippen LogP contribution in [0.5, 0.6) is 0 Å². The van der Waals surface area contributed by atoms with Crippen molar-refractivity contribution < 1.29 is 9.32 Å². The molecule has 0 radical (unpaired) electrons. The minimum Gasteiger partial charge on any atom is -0.386 e. The molecule has 0 bridgehead atoms. The second-order valence-corrected chi connectivity index (χ2v) is 3.91. The minimum absolute atomic E-state index is 0.160. The SMILES string of the molecule is CNc1cnccc1C(=O)NCCc1noc(C)n1. The standard InChI is InChI=1S/C12H15N5O2/c1-8-16-11(17-19-8)4-6-15-12(18)9-3-5-14-7-10(9)13-2/h3,5,7,13H,4,6H2,1-2H3,(H,15,18). The summed E-state index contributed by atoms with van der Waals surface area (Å²) < 4.78 is 4.85. The molecule has 0 aliphatic carbocycles. The number of carbonyl (C=O) groups is 1. The molecular formula is C12H15N5O2. The van der Waals surface area contributed by atoms with E-state index in [9.17, 15) is 4.79 Å². The van der Waals surface area contributed by atoms with Crippen molar-refractivity contribution in [1.29, 1.82) is 0 Å². The quantitative estimate of drug-likeness (QED) is 0.826. The molecule has 2 heterocycles. The fraction of sp³-hybridized carbons (Fsp3) is 0.333. The van der Waals surface area contributed by atoms with Crippen molar-refractivity contribution in [1.82, 2.24) is 20.4 Å². The first kappa shape index (κ1) is 13.0. The van der Waals surface area contributed by atoms with Crippen LogP contribution in [0.2, 0.25) is 0 Å². The second-order valence-electron chi connectivity index (χ2n) is 3.91. The average molecular weight is 261 g/mol. The number of hydrogen-bond donors (Lipinski definition) is 2. The topological polar surface area (TPSA) is 92.9 Å². The summed E-state index contributed by atoms with van der Waals surface area (Å²) in [4.78, 5) is 20.0. The van der Waals surface area contributed by atoms with Crippen LogP contribution in [0.25, 0.3) is 0 Å². The molecule has 0 fully saturated rings. The fourth-order valence-corrected chi connectivity index (χ4v) is 1.62. The molecule has 2 N–H and O–H groups in total. The number of aromatic nitrogens is 3. The lowest BCUT2D eigenvalue weighted by atomic mass is 10.2. The zero-order valence-corrected chi connectivity index (χ0v) is 10.8. The van der Waals surface area contributed by atoms with Crippen molar-refractivity contribution in [2.24, 2.45) is 0 Å². The van der Waals surface area contributed by atoms with E-state index in [2.05, 4.69) is 25.8 Å². The zero-order chi connectivity index (χ0) is 13.7. The van der Waals surface area contributed by atoms with E-state index in [1.54, 1.807) is 32.4 Å². The van der Waals surface area contributed by atoms with Gasteiger partial charge in [0.2, 0.25) is 5.89 Å². The highest BCUT2D eigenvalue weighted by Gasteiger charge is 2.10. The summed E-state index contributed by atoms with van der Waals surface area (Å²) in [7, 11) is 1.75. The van der Waals surface area contributed by atoms with E-state index < -0.39 is 0 Å². The third-order valence-electron chi connectivity index (χ3n) is 2.54. The Morgan fingerprint density at radius 2 is 2.32 bits per heavy atom. The molecule has 7 heteroatoms. The van der Waals surface area contributed by atoms with Crippen LogP contribution >= 0.6 is 0 Å². The highest BCUT2D eigenvalue weighted by atomic mass is 16.5. The lowest BCUT2D eigenvalue weighted by Crippen LogP contribution is -2.26. The van der Waals surface area contributed by atoms with Gasteiger partial charge in [0.05, 0.1) is 17.4 Å². The monoisotopic (exact) mass is 261 g/mol. The highest BCUT2D eigenvalue weighted by Crippen LogP contribution is 2.11. The lowest BCUT2D eigenvalue weighted by Gasteiger charge is -2.08. The van der Waals surface area contributed by atoms with E-state index in [0.29, 0.717) is 35.9 Å². The van der Waals surface area contributed by atoms with Gasteiger partial charge in [0.25, 0.3) is 5.91 Å². The Balaban J connectivity index is 1.90. The molecule has 0 spiro atoms. The number of amides is 1. The van der Waals surface area contributed by atoms with Crippen molar-refractivity contribution in [2.75, 3.05) is 18.9 Å². The van der Waals surface area contributed by atoms with E-state index in [-0.39, 0.29) is 5.91 Å². The molecule has 19 heavy (non-hydrogen) atoms.